The van der Waals surface area contributed by atoms with Gasteiger partial charge in [-0.2, -0.15) is 0 Å². The first-order chi connectivity index (χ1) is 7.31. The second-order valence-electron chi connectivity index (χ2n) is 4.91. The van der Waals surface area contributed by atoms with Gasteiger partial charge in [-0.05, 0) is 30.7 Å². The van der Waals surface area contributed by atoms with Crippen molar-refractivity contribution in [2.24, 2.45) is 17.1 Å². The van der Waals surface area contributed by atoms with Crippen LogP contribution >= 0.6 is 0 Å². The Labute approximate surface area is 100 Å². The topological polar surface area (TPSA) is 72.2 Å². The van der Waals surface area contributed by atoms with Crippen molar-refractivity contribution in [2.75, 3.05) is 18.8 Å². The summed E-state index contributed by atoms with van der Waals surface area (Å²) in [5, 5.41) is 0. The fourth-order valence-corrected chi connectivity index (χ4v) is 3.14. The predicted molar refractivity (Wildman–Crippen MR) is 68.7 cm³/mol. The quantitative estimate of drug-likeness (QED) is 0.682. The maximum Gasteiger partial charge on any atom is 0.211 e. The molecule has 0 fully saturated rings. The van der Waals surface area contributed by atoms with E-state index in [1.807, 2.05) is 27.7 Å². The highest BCUT2D eigenvalue weighted by Crippen LogP contribution is 2.23. The molecule has 0 aliphatic heterocycles. The van der Waals surface area contributed by atoms with Gasteiger partial charge in [-0.15, -0.1) is 0 Å². The summed E-state index contributed by atoms with van der Waals surface area (Å²) in [4.78, 5) is 0. The summed E-state index contributed by atoms with van der Waals surface area (Å²) in [6.07, 6.45) is 1.79. The lowest BCUT2D eigenvalue weighted by Crippen LogP contribution is -2.42. The van der Waals surface area contributed by atoms with Crippen LogP contribution in [0.4, 0.5) is 0 Å². The van der Waals surface area contributed by atoms with Crippen molar-refractivity contribution in [3.05, 3.63) is 0 Å². The van der Waals surface area contributed by atoms with Crippen LogP contribution in [0.5, 0.6) is 0 Å². The van der Waals surface area contributed by atoms with Crippen LogP contribution in [0.25, 0.3) is 0 Å². The Kier molecular flexibility index (Phi) is 6.51. The Morgan fingerprint density at radius 2 is 1.75 bits per heavy atom. The molecule has 0 aromatic carbocycles. The fraction of sp³-hybridized carbons (Fsp3) is 1.00. The van der Waals surface area contributed by atoms with Crippen molar-refractivity contribution >= 4 is 10.0 Å². The molecule has 0 aromatic rings. The van der Waals surface area contributed by atoms with Gasteiger partial charge >= 0.3 is 0 Å². The van der Waals surface area contributed by atoms with Gasteiger partial charge in [0.05, 0.1) is 5.75 Å². The van der Waals surface area contributed by atoms with E-state index in [0.29, 0.717) is 13.1 Å². The van der Waals surface area contributed by atoms with Gasteiger partial charge in [0.25, 0.3) is 0 Å². The van der Waals surface area contributed by atoms with E-state index in [2.05, 4.69) is 4.72 Å². The van der Waals surface area contributed by atoms with Crippen LogP contribution in [0.2, 0.25) is 0 Å². The molecule has 0 amide bonds. The van der Waals surface area contributed by atoms with Gasteiger partial charge in [-0.1, -0.05) is 27.7 Å². The molecule has 0 aromatic heterocycles. The van der Waals surface area contributed by atoms with Gasteiger partial charge in [-0.25, -0.2) is 13.1 Å². The van der Waals surface area contributed by atoms with E-state index >= 15 is 0 Å². The first kappa shape index (κ1) is 15.9. The number of hydrogen-bond acceptors (Lipinski definition) is 3. The van der Waals surface area contributed by atoms with Crippen molar-refractivity contribution in [3.8, 4) is 0 Å². The van der Waals surface area contributed by atoms with Gasteiger partial charge in [0.1, 0.15) is 0 Å². The lowest BCUT2D eigenvalue weighted by Gasteiger charge is -2.30. The Hall–Kier alpha value is -0.130. The summed E-state index contributed by atoms with van der Waals surface area (Å²) in [5.41, 5.74) is 5.63. The predicted octanol–water partition coefficient (Wildman–Crippen LogP) is 1.33. The van der Waals surface area contributed by atoms with E-state index < -0.39 is 10.0 Å². The van der Waals surface area contributed by atoms with E-state index in [-0.39, 0.29) is 17.1 Å². The lowest BCUT2D eigenvalue weighted by atomic mass is 9.83. The van der Waals surface area contributed by atoms with Gasteiger partial charge < -0.3 is 5.73 Å². The van der Waals surface area contributed by atoms with Gasteiger partial charge in [0, 0.05) is 6.54 Å². The minimum absolute atomic E-state index is 0.0932. The highest BCUT2D eigenvalue weighted by Gasteiger charge is 2.26. The van der Waals surface area contributed by atoms with E-state index in [1.54, 1.807) is 0 Å². The molecule has 0 heterocycles. The van der Waals surface area contributed by atoms with Crippen molar-refractivity contribution in [2.45, 2.75) is 40.5 Å². The number of nitrogens with two attached hydrogens (primary N) is 1. The maximum absolute atomic E-state index is 11.7. The summed E-state index contributed by atoms with van der Waals surface area (Å²) in [7, 11) is -3.15. The molecule has 0 spiro atoms. The molecule has 3 N–H and O–H groups in total. The molecular weight excluding hydrogens is 224 g/mol. The van der Waals surface area contributed by atoms with Gasteiger partial charge in [0.2, 0.25) is 10.0 Å². The van der Waals surface area contributed by atoms with Crippen LogP contribution in [-0.2, 0) is 10.0 Å². The SMILES string of the molecule is CCC(CC)(CN)CNS(=O)(=O)CC(C)C. The van der Waals surface area contributed by atoms with Crippen LogP contribution in [0.1, 0.15) is 40.5 Å². The molecule has 0 saturated heterocycles. The van der Waals surface area contributed by atoms with Crippen LogP contribution in [0, 0.1) is 11.3 Å². The first-order valence-corrected chi connectivity index (χ1v) is 7.63. The first-order valence-electron chi connectivity index (χ1n) is 5.98. The largest absolute Gasteiger partial charge is 0.330 e. The van der Waals surface area contributed by atoms with E-state index in [9.17, 15) is 8.42 Å². The molecule has 4 nitrogen and oxygen atoms in total. The molecule has 0 aliphatic carbocycles. The molecule has 0 aliphatic rings. The lowest BCUT2D eigenvalue weighted by molar-refractivity contribution is 0.275. The smallest absolute Gasteiger partial charge is 0.211 e. The van der Waals surface area contributed by atoms with Crippen LogP contribution in [0.3, 0.4) is 0 Å². The zero-order valence-corrected chi connectivity index (χ0v) is 11.7. The minimum Gasteiger partial charge on any atom is -0.330 e. The highest BCUT2D eigenvalue weighted by molar-refractivity contribution is 7.89. The fourth-order valence-electron chi connectivity index (χ4n) is 1.62. The standard InChI is InChI=1S/C11H26N2O2S/c1-5-11(6-2,8-12)9-13-16(14,15)7-10(3)4/h10,13H,5-9,12H2,1-4H3. The minimum atomic E-state index is -3.15. The second kappa shape index (κ2) is 6.57. The third-order valence-corrected chi connectivity index (χ3v) is 4.84. The number of hydrogen-bond donors (Lipinski definition) is 2. The summed E-state index contributed by atoms with van der Waals surface area (Å²) in [6.45, 7) is 8.86. The third kappa shape index (κ3) is 5.27. The molecule has 98 valence electrons. The number of sulfonamides is 1. The van der Waals surface area contributed by atoms with Crippen molar-refractivity contribution in [1.82, 2.24) is 4.72 Å². The number of nitrogens with one attached hydrogen (secondary N) is 1. The molecule has 5 heteroatoms. The molecule has 0 unspecified atom stereocenters. The molecule has 16 heavy (non-hydrogen) atoms. The van der Waals surface area contributed by atoms with Gasteiger partial charge in [-0.3, -0.25) is 0 Å². The zero-order chi connectivity index (χ0) is 12.8. The van der Waals surface area contributed by atoms with Crippen molar-refractivity contribution in [3.63, 3.8) is 0 Å². The molecule has 0 rings (SSSR count). The van der Waals surface area contributed by atoms with Crippen LogP contribution < -0.4 is 10.5 Å². The van der Waals surface area contributed by atoms with E-state index in [1.165, 1.54) is 0 Å². The molecule has 0 bridgehead atoms. The van der Waals surface area contributed by atoms with Gasteiger partial charge in [0.15, 0.2) is 0 Å². The highest BCUT2D eigenvalue weighted by atomic mass is 32.2. The zero-order valence-electron chi connectivity index (χ0n) is 10.9. The summed E-state index contributed by atoms with van der Waals surface area (Å²) in [6, 6.07) is 0. The Morgan fingerprint density at radius 3 is 2.06 bits per heavy atom. The third-order valence-electron chi connectivity index (χ3n) is 3.15. The summed E-state index contributed by atoms with van der Waals surface area (Å²) in [5.74, 6) is 0.328. The Bertz CT molecular complexity index is 274. The second-order valence-corrected chi connectivity index (χ2v) is 6.76. The average molecular weight is 250 g/mol. The molecular formula is C11H26N2O2S. The van der Waals surface area contributed by atoms with E-state index in [0.717, 1.165) is 12.8 Å². The van der Waals surface area contributed by atoms with E-state index in [4.69, 9.17) is 5.73 Å². The number of rotatable bonds is 8. The molecule has 0 atom stereocenters. The van der Waals surface area contributed by atoms with Crippen molar-refractivity contribution < 1.29 is 8.42 Å². The summed E-state index contributed by atoms with van der Waals surface area (Å²) >= 11 is 0. The molecule has 0 radical (unpaired) electrons. The normalized spacial score (nSPS) is 13.4. The molecule has 0 saturated carbocycles. The Morgan fingerprint density at radius 1 is 1.25 bits per heavy atom. The van der Waals surface area contributed by atoms with Crippen LogP contribution in [0.15, 0.2) is 0 Å². The Balaban J connectivity index is 4.42. The average Bonchev–Trinajstić information content (AvgIpc) is 2.19. The maximum atomic E-state index is 11.7. The van der Waals surface area contributed by atoms with Crippen LogP contribution in [-0.4, -0.2) is 27.3 Å². The monoisotopic (exact) mass is 250 g/mol. The van der Waals surface area contributed by atoms with Crippen molar-refractivity contribution in [1.29, 1.82) is 0 Å². The summed E-state index contributed by atoms with van der Waals surface area (Å²) < 4.78 is 26.0.